The molecular weight excluding hydrogens is 316 g/mol. The van der Waals surface area contributed by atoms with Gasteiger partial charge in [0.1, 0.15) is 5.57 Å². The Labute approximate surface area is 130 Å². The van der Waals surface area contributed by atoms with Crippen LogP contribution < -0.4 is 0 Å². The van der Waals surface area contributed by atoms with Crippen LogP contribution >= 0.6 is 0 Å². The van der Waals surface area contributed by atoms with Gasteiger partial charge in [-0.15, -0.1) is 0 Å². The topological polar surface area (TPSA) is 43.4 Å². The molecular formula is C16H16F4O3. The second-order valence-electron chi connectivity index (χ2n) is 4.54. The Hall–Kier alpha value is -2.18. The molecule has 3 nitrogen and oxygen atoms in total. The minimum absolute atomic E-state index is 0.0393. The van der Waals surface area contributed by atoms with Crippen molar-refractivity contribution >= 4 is 11.8 Å². The Kier molecular flexibility index (Phi) is 6.48. The number of carbonyl (C=O) groups is 2. The summed E-state index contributed by atoms with van der Waals surface area (Å²) in [6.45, 7) is 4.42. The van der Waals surface area contributed by atoms with Crippen molar-refractivity contribution in [3.8, 4) is 0 Å². The predicted octanol–water partition coefficient (Wildman–Crippen LogP) is 3.89. The molecule has 126 valence electrons. The largest absolute Gasteiger partial charge is 0.462 e. The third-order valence-corrected chi connectivity index (χ3v) is 3.09. The van der Waals surface area contributed by atoms with Crippen molar-refractivity contribution in [2.24, 2.45) is 0 Å². The molecule has 1 aromatic rings. The summed E-state index contributed by atoms with van der Waals surface area (Å²) in [4.78, 5) is 24.2. The van der Waals surface area contributed by atoms with Gasteiger partial charge in [-0.3, -0.25) is 4.79 Å². The number of benzene rings is 1. The minimum Gasteiger partial charge on any atom is -0.462 e. The monoisotopic (exact) mass is 332 g/mol. The molecule has 7 heteroatoms. The lowest BCUT2D eigenvalue weighted by molar-refractivity contribution is -0.138. The molecule has 0 radical (unpaired) electrons. The fourth-order valence-electron chi connectivity index (χ4n) is 2.06. The Balaban J connectivity index is 3.58. The van der Waals surface area contributed by atoms with Crippen molar-refractivity contribution in [1.82, 2.24) is 0 Å². The number of ether oxygens (including phenoxy) is 1. The number of allylic oxidation sites excluding steroid dienone is 1. The second-order valence-corrected chi connectivity index (χ2v) is 4.54. The number of rotatable bonds is 6. The third kappa shape index (κ3) is 3.60. The molecule has 0 fully saturated rings. The first-order chi connectivity index (χ1) is 10.8. The molecule has 0 amide bonds. The van der Waals surface area contributed by atoms with Gasteiger partial charge < -0.3 is 4.74 Å². The summed E-state index contributed by atoms with van der Waals surface area (Å²) in [5.41, 5.74) is -2.16. The molecule has 1 aromatic carbocycles. The van der Waals surface area contributed by atoms with Gasteiger partial charge in [0.2, 0.25) is 5.78 Å². The van der Waals surface area contributed by atoms with Crippen LogP contribution in [0.25, 0.3) is 0 Å². The molecule has 0 atom stereocenters. The molecule has 0 aliphatic carbocycles. The van der Waals surface area contributed by atoms with Crippen molar-refractivity contribution in [3.05, 3.63) is 46.0 Å². The van der Waals surface area contributed by atoms with E-state index in [4.69, 9.17) is 0 Å². The maximum atomic E-state index is 14.0. The SMILES string of the molecule is CCC=C(C(=O)OCC)C(=O)c1c(F)c(F)c(F)c(F)c1CC. The second kappa shape index (κ2) is 7.89. The molecule has 0 spiro atoms. The van der Waals surface area contributed by atoms with Crippen LogP contribution in [0, 0.1) is 23.3 Å². The Morgan fingerprint density at radius 3 is 2.00 bits per heavy atom. The molecule has 0 saturated carbocycles. The van der Waals surface area contributed by atoms with Gasteiger partial charge in [0.25, 0.3) is 0 Å². The first kappa shape index (κ1) is 18.9. The Morgan fingerprint density at radius 2 is 1.52 bits per heavy atom. The van der Waals surface area contributed by atoms with Crippen LogP contribution in [0.5, 0.6) is 0 Å². The highest BCUT2D eigenvalue weighted by Crippen LogP contribution is 2.27. The van der Waals surface area contributed by atoms with Crippen LogP contribution in [-0.2, 0) is 16.0 Å². The Morgan fingerprint density at radius 1 is 0.957 bits per heavy atom. The van der Waals surface area contributed by atoms with E-state index in [-0.39, 0.29) is 19.4 Å². The maximum absolute atomic E-state index is 14.0. The van der Waals surface area contributed by atoms with E-state index < -0.39 is 51.7 Å². The van der Waals surface area contributed by atoms with E-state index in [2.05, 4.69) is 4.74 Å². The van der Waals surface area contributed by atoms with Crippen molar-refractivity contribution in [2.75, 3.05) is 6.61 Å². The van der Waals surface area contributed by atoms with Gasteiger partial charge in [-0.2, -0.15) is 0 Å². The fraction of sp³-hybridized carbons (Fsp3) is 0.375. The average molecular weight is 332 g/mol. The van der Waals surface area contributed by atoms with E-state index in [0.717, 1.165) is 0 Å². The van der Waals surface area contributed by atoms with E-state index in [1.807, 2.05) is 0 Å². The van der Waals surface area contributed by atoms with E-state index >= 15 is 0 Å². The van der Waals surface area contributed by atoms with E-state index in [1.165, 1.54) is 19.9 Å². The van der Waals surface area contributed by atoms with Gasteiger partial charge in [-0.1, -0.05) is 19.9 Å². The number of halogens is 4. The summed E-state index contributed by atoms with van der Waals surface area (Å²) < 4.78 is 59.2. The van der Waals surface area contributed by atoms with Crippen molar-refractivity contribution in [1.29, 1.82) is 0 Å². The van der Waals surface area contributed by atoms with Crippen LogP contribution in [0.4, 0.5) is 17.6 Å². The smallest absolute Gasteiger partial charge is 0.341 e. The first-order valence-electron chi connectivity index (χ1n) is 7.08. The zero-order valence-electron chi connectivity index (χ0n) is 12.9. The summed E-state index contributed by atoms with van der Waals surface area (Å²) in [7, 11) is 0. The molecule has 0 heterocycles. The van der Waals surface area contributed by atoms with Crippen LogP contribution in [0.1, 0.15) is 43.1 Å². The number of carbonyl (C=O) groups excluding carboxylic acids is 2. The zero-order chi connectivity index (χ0) is 17.7. The first-order valence-corrected chi connectivity index (χ1v) is 7.08. The molecule has 0 N–H and O–H groups in total. The average Bonchev–Trinajstić information content (AvgIpc) is 2.53. The van der Waals surface area contributed by atoms with Crippen molar-refractivity contribution < 1.29 is 31.9 Å². The summed E-state index contributed by atoms with van der Waals surface area (Å²) in [6.07, 6.45) is 1.14. The van der Waals surface area contributed by atoms with Gasteiger partial charge in [0.15, 0.2) is 23.3 Å². The summed E-state index contributed by atoms with van der Waals surface area (Å²) in [5, 5.41) is 0. The zero-order valence-corrected chi connectivity index (χ0v) is 12.9. The van der Waals surface area contributed by atoms with Crippen molar-refractivity contribution in [3.63, 3.8) is 0 Å². The van der Waals surface area contributed by atoms with E-state index in [1.54, 1.807) is 6.92 Å². The van der Waals surface area contributed by atoms with Crippen LogP contribution in [0.2, 0.25) is 0 Å². The van der Waals surface area contributed by atoms with Gasteiger partial charge in [0, 0.05) is 5.56 Å². The number of Topliss-reactive ketones (excluding diaryl/α,β-unsaturated/α-hetero) is 1. The number of hydrogen-bond donors (Lipinski definition) is 0. The van der Waals surface area contributed by atoms with Crippen LogP contribution in [-0.4, -0.2) is 18.4 Å². The highest BCUT2D eigenvalue weighted by Gasteiger charge is 2.32. The maximum Gasteiger partial charge on any atom is 0.341 e. The molecule has 0 unspecified atom stereocenters. The third-order valence-electron chi connectivity index (χ3n) is 3.09. The summed E-state index contributed by atoms with van der Waals surface area (Å²) in [5.74, 6) is -9.83. The van der Waals surface area contributed by atoms with Crippen molar-refractivity contribution in [2.45, 2.75) is 33.6 Å². The van der Waals surface area contributed by atoms with Gasteiger partial charge in [-0.25, -0.2) is 22.4 Å². The highest BCUT2D eigenvalue weighted by atomic mass is 19.2. The van der Waals surface area contributed by atoms with E-state index in [0.29, 0.717) is 0 Å². The van der Waals surface area contributed by atoms with Gasteiger partial charge >= 0.3 is 5.97 Å². The molecule has 0 aliphatic rings. The lowest BCUT2D eigenvalue weighted by Gasteiger charge is -2.13. The summed E-state index contributed by atoms with van der Waals surface area (Å²) >= 11 is 0. The standard InChI is InChI=1S/C16H16F4O3/c1-4-7-9(16(22)23-6-3)15(21)10-8(5-2)11(17)13(19)14(20)12(10)18/h7H,4-6H2,1-3H3. The molecule has 1 rings (SSSR count). The number of hydrogen-bond acceptors (Lipinski definition) is 3. The minimum atomic E-state index is -2.09. The highest BCUT2D eigenvalue weighted by molar-refractivity contribution is 6.24. The number of esters is 1. The van der Waals surface area contributed by atoms with Crippen LogP contribution in [0.15, 0.2) is 11.6 Å². The lowest BCUT2D eigenvalue weighted by Crippen LogP contribution is -2.21. The molecule has 0 bridgehead atoms. The molecule has 0 aliphatic heterocycles. The Bertz CT molecular complexity index is 666. The van der Waals surface area contributed by atoms with Gasteiger partial charge in [-0.05, 0) is 19.8 Å². The van der Waals surface area contributed by atoms with Crippen LogP contribution in [0.3, 0.4) is 0 Å². The predicted molar refractivity (Wildman–Crippen MR) is 75.0 cm³/mol. The number of ketones is 1. The quantitative estimate of drug-likeness (QED) is 0.116. The van der Waals surface area contributed by atoms with Gasteiger partial charge in [0.05, 0.1) is 12.2 Å². The molecule has 0 aromatic heterocycles. The normalized spacial score (nSPS) is 11.5. The molecule has 0 saturated heterocycles. The fourth-order valence-corrected chi connectivity index (χ4v) is 2.06. The lowest BCUT2D eigenvalue weighted by atomic mass is 9.94. The summed E-state index contributed by atoms with van der Waals surface area (Å²) in [6, 6.07) is 0. The molecule has 23 heavy (non-hydrogen) atoms. The van der Waals surface area contributed by atoms with E-state index in [9.17, 15) is 27.2 Å².